The van der Waals surface area contributed by atoms with Gasteiger partial charge in [0.1, 0.15) is 29.7 Å². The fourth-order valence-electron chi connectivity index (χ4n) is 11.4. The van der Waals surface area contributed by atoms with E-state index in [4.69, 9.17) is 33.2 Å². The van der Waals surface area contributed by atoms with E-state index in [0.717, 1.165) is 16.8 Å². The Labute approximate surface area is 436 Å². The maximum atomic E-state index is 14.5. The van der Waals surface area contributed by atoms with Crippen molar-refractivity contribution >= 4 is 11.8 Å². The maximum Gasteiger partial charge on any atom is 0.311 e. The van der Waals surface area contributed by atoms with Gasteiger partial charge >= 0.3 is 5.97 Å². The Morgan fingerprint density at radius 3 is 2.19 bits per heavy atom. The van der Waals surface area contributed by atoms with Crippen LogP contribution in [-0.2, 0) is 62.3 Å². The van der Waals surface area contributed by atoms with Crippen LogP contribution in [0.3, 0.4) is 0 Å². The zero-order chi connectivity index (χ0) is 54.6. The highest BCUT2D eigenvalue weighted by atomic mass is 16.7. The molecule has 2 aromatic heterocycles. The molecule has 0 saturated carbocycles. The van der Waals surface area contributed by atoms with Crippen LogP contribution in [0, 0.1) is 36.5 Å². The quantitative estimate of drug-likeness (QED) is 0.162. The average Bonchev–Trinajstić information content (AvgIpc) is 3.83. The second kappa shape index (κ2) is 25.0. The number of aromatic nitrogens is 4. The van der Waals surface area contributed by atoms with Crippen LogP contribution < -0.4 is 5.56 Å². The Bertz CT molecular complexity index is 2360. The molecule has 4 unspecified atom stereocenters. The van der Waals surface area contributed by atoms with Crippen LogP contribution >= 0.6 is 0 Å². The molecule has 3 fully saturated rings. The molecular formula is C55H85N5O14. The summed E-state index contributed by atoms with van der Waals surface area (Å²) in [4.78, 5) is 43.1. The standard InChI is InChI=1S/C55H85N5O14/c1-15-43-55(11,67)50(64)34(6)46(62)31(3)24-42(68-13)33(5)48(35(7)49(36(8)52(66)72-43)73-45-26-54(10,69-14)51(65)37(9)71-45)74-53-47(63)41(25-32(4)70-53)58(12)28-39-29-59(57-56-39)23-22-38-17-19-40(20-18-38)60-27-30(2)16-21-44(60)61/h16-21,27,29,31-37,41-43,45,47-51,53,63-65,67H,15,22-26,28H2,1-14H3/t31-,32-,33+,34?,35-,36-,37+,41+,42-,43?,45?,47-,48+,49-,50-,51+,53?,54-,55-/m1/s1. The molecule has 414 valence electrons. The largest absolute Gasteiger partial charge is 0.459 e. The Morgan fingerprint density at radius 2 is 1.54 bits per heavy atom. The van der Waals surface area contributed by atoms with Gasteiger partial charge < -0.3 is 53.6 Å². The van der Waals surface area contributed by atoms with Gasteiger partial charge in [0.15, 0.2) is 12.6 Å². The predicted octanol–water partition coefficient (Wildman–Crippen LogP) is 4.55. The van der Waals surface area contributed by atoms with E-state index < -0.39 is 114 Å². The van der Waals surface area contributed by atoms with Gasteiger partial charge in [-0.25, -0.2) is 0 Å². The van der Waals surface area contributed by atoms with Gasteiger partial charge in [-0.05, 0) is 97.5 Å². The molecule has 3 saturated heterocycles. The van der Waals surface area contributed by atoms with Gasteiger partial charge in [0.2, 0.25) is 0 Å². The molecule has 74 heavy (non-hydrogen) atoms. The van der Waals surface area contributed by atoms with Crippen LogP contribution in [0.1, 0.15) is 112 Å². The van der Waals surface area contributed by atoms with E-state index in [-0.39, 0.29) is 36.7 Å². The molecule has 3 aliphatic rings. The molecule has 0 aliphatic carbocycles. The number of hydrogen-bond acceptors (Lipinski definition) is 17. The number of hydrogen-bond donors (Lipinski definition) is 4. The number of aliphatic hydroxyl groups is 4. The summed E-state index contributed by atoms with van der Waals surface area (Å²) in [6, 6.07) is 10.8. The number of Topliss-reactive ketones (excluding diaryl/α,β-unsaturated/α-hetero) is 1. The first-order chi connectivity index (χ1) is 34.8. The Balaban J connectivity index is 1.26. The molecule has 19 nitrogen and oxygen atoms in total. The number of benzene rings is 1. The molecule has 0 spiro atoms. The predicted molar refractivity (Wildman–Crippen MR) is 274 cm³/mol. The number of aliphatic hydroxyl groups excluding tert-OH is 3. The first-order valence-corrected chi connectivity index (χ1v) is 26.4. The summed E-state index contributed by atoms with van der Waals surface area (Å²) in [7, 11) is 4.96. The van der Waals surface area contributed by atoms with Gasteiger partial charge in [0.25, 0.3) is 5.56 Å². The summed E-state index contributed by atoms with van der Waals surface area (Å²) in [5.74, 6) is -5.01. The van der Waals surface area contributed by atoms with Crippen molar-refractivity contribution in [2.75, 3.05) is 21.3 Å². The van der Waals surface area contributed by atoms with Gasteiger partial charge in [0, 0.05) is 87.6 Å². The smallest absolute Gasteiger partial charge is 0.311 e. The summed E-state index contributed by atoms with van der Waals surface area (Å²) in [5.41, 5.74) is 0.394. The highest BCUT2D eigenvalue weighted by molar-refractivity contribution is 5.83. The number of nitrogens with zero attached hydrogens (tertiary/aromatic N) is 5. The van der Waals surface area contributed by atoms with Crippen molar-refractivity contribution in [1.82, 2.24) is 24.5 Å². The number of rotatable bonds is 14. The number of cyclic esters (lactones) is 1. The Hall–Kier alpha value is -3.99. The fraction of sp³-hybridized carbons (Fsp3) is 0.727. The van der Waals surface area contributed by atoms with Crippen molar-refractivity contribution in [3.63, 3.8) is 0 Å². The topological polar surface area (TPSA) is 236 Å². The maximum absolute atomic E-state index is 14.5. The van der Waals surface area contributed by atoms with Crippen molar-refractivity contribution < 1.29 is 63.2 Å². The lowest BCUT2D eigenvalue weighted by molar-refractivity contribution is -0.311. The van der Waals surface area contributed by atoms with Crippen molar-refractivity contribution in [3.05, 3.63) is 76.0 Å². The summed E-state index contributed by atoms with van der Waals surface area (Å²) >= 11 is 0. The van der Waals surface area contributed by atoms with E-state index in [2.05, 4.69) is 10.3 Å². The number of esters is 1. The molecule has 0 bridgehead atoms. The second-order valence-corrected chi connectivity index (χ2v) is 22.1. The minimum atomic E-state index is -2.01. The molecule has 0 radical (unpaired) electrons. The van der Waals surface area contributed by atoms with Crippen LogP contribution in [0.5, 0.6) is 0 Å². The monoisotopic (exact) mass is 1040 g/mol. The van der Waals surface area contributed by atoms with E-state index in [1.54, 1.807) is 70.0 Å². The summed E-state index contributed by atoms with van der Waals surface area (Å²) in [5, 5.41) is 55.8. The molecule has 3 aromatic rings. The highest BCUT2D eigenvalue weighted by Gasteiger charge is 2.52. The zero-order valence-electron chi connectivity index (χ0n) is 46.0. The van der Waals surface area contributed by atoms with E-state index in [1.807, 2.05) is 76.3 Å². The normalized spacial score (nSPS) is 38.1. The Morgan fingerprint density at radius 1 is 0.851 bits per heavy atom. The highest BCUT2D eigenvalue weighted by Crippen LogP contribution is 2.40. The zero-order valence-corrected chi connectivity index (χ0v) is 46.0. The molecule has 5 heterocycles. The molecule has 1 aromatic carbocycles. The molecule has 3 aliphatic heterocycles. The number of carbonyl (C=O) groups is 2. The van der Waals surface area contributed by atoms with E-state index in [1.165, 1.54) is 14.0 Å². The molecular weight excluding hydrogens is 955 g/mol. The first kappa shape index (κ1) is 59.3. The summed E-state index contributed by atoms with van der Waals surface area (Å²) in [6.45, 7) is 20.1. The summed E-state index contributed by atoms with van der Waals surface area (Å²) in [6.07, 6.45) is -5.40. The summed E-state index contributed by atoms with van der Waals surface area (Å²) < 4.78 is 48.1. The second-order valence-electron chi connectivity index (χ2n) is 22.1. The van der Waals surface area contributed by atoms with E-state index >= 15 is 0 Å². The van der Waals surface area contributed by atoms with Gasteiger partial charge in [0.05, 0.1) is 53.8 Å². The molecule has 19 atom stereocenters. The van der Waals surface area contributed by atoms with Crippen LogP contribution in [0.15, 0.2) is 53.6 Å². The minimum Gasteiger partial charge on any atom is -0.459 e. The SMILES string of the molecule is CCC1OC(=O)[C@H](C)[C@H](OC2C[C@@](C)(OC)[C@@H](O)[C@H](C)O2)[C@H](C)[C@@H](OC2O[C@H](C)C[C@H](N(C)Cc3cn(CCc4ccc(-n5cc(C)ccc5=O)cc4)nn3)[C@H]2O)[C@@H](C)[C@H](OC)C[C@@H](C)C(=O)C(C)[C@@H](O)[C@]1(C)O. The lowest BCUT2D eigenvalue weighted by Crippen LogP contribution is -2.59. The van der Waals surface area contributed by atoms with Crippen LogP contribution in [0.25, 0.3) is 5.69 Å². The lowest BCUT2D eigenvalue weighted by atomic mass is 9.77. The first-order valence-electron chi connectivity index (χ1n) is 26.4. The van der Waals surface area contributed by atoms with Gasteiger partial charge in [-0.15, -0.1) is 5.10 Å². The third kappa shape index (κ3) is 13.4. The van der Waals surface area contributed by atoms with E-state index in [9.17, 15) is 34.8 Å². The van der Waals surface area contributed by atoms with Crippen molar-refractivity contribution in [2.24, 2.45) is 29.6 Å². The number of likely N-dealkylation sites (N-methyl/N-ethyl adjacent to an activating group) is 1. The average molecular weight is 1040 g/mol. The molecule has 19 heteroatoms. The van der Waals surface area contributed by atoms with Crippen molar-refractivity contribution in [3.8, 4) is 5.69 Å². The van der Waals surface area contributed by atoms with Crippen LogP contribution in [-0.4, -0.2) is 163 Å². The third-order valence-electron chi connectivity index (χ3n) is 16.3. The molecule has 4 N–H and O–H groups in total. The number of pyridine rings is 1. The number of ether oxygens (including phenoxy) is 7. The van der Waals surface area contributed by atoms with Crippen LogP contribution in [0.2, 0.25) is 0 Å². The third-order valence-corrected chi connectivity index (χ3v) is 16.3. The fourth-order valence-corrected chi connectivity index (χ4v) is 11.4. The van der Waals surface area contributed by atoms with Gasteiger partial charge in [-0.3, -0.25) is 28.5 Å². The van der Waals surface area contributed by atoms with Crippen molar-refractivity contribution in [1.29, 1.82) is 0 Å². The number of ketones is 1. The lowest BCUT2D eigenvalue weighted by Gasteiger charge is -2.48. The van der Waals surface area contributed by atoms with Gasteiger partial charge in [-0.2, -0.15) is 0 Å². The van der Waals surface area contributed by atoms with Crippen LogP contribution in [0.4, 0.5) is 0 Å². The minimum absolute atomic E-state index is 0.0933. The number of carbonyl (C=O) groups excluding carboxylic acids is 2. The number of methoxy groups -OCH3 is 2. The molecule has 0 amide bonds. The van der Waals surface area contributed by atoms with Gasteiger partial charge in [-0.1, -0.05) is 58.0 Å². The van der Waals surface area contributed by atoms with E-state index in [0.29, 0.717) is 31.6 Å². The number of aryl methyl sites for hydroxylation is 3. The van der Waals surface area contributed by atoms with Crippen molar-refractivity contribution in [2.45, 2.75) is 206 Å². The molecule has 6 rings (SSSR count). The Kier molecular flexibility index (Phi) is 20.0.